The highest BCUT2D eigenvalue weighted by atomic mass is 32.2. The van der Waals surface area contributed by atoms with E-state index in [-0.39, 0.29) is 5.12 Å². The van der Waals surface area contributed by atoms with E-state index < -0.39 is 0 Å². The van der Waals surface area contributed by atoms with E-state index in [4.69, 9.17) is 4.98 Å². The first kappa shape index (κ1) is 14.4. The van der Waals surface area contributed by atoms with Crippen LogP contribution in [0, 0.1) is 5.92 Å². The Morgan fingerprint density at radius 2 is 2.17 bits per heavy atom. The molecule has 1 aliphatic carbocycles. The number of anilines is 2. The van der Waals surface area contributed by atoms with Gasteiger partial charge in [0.05, 0.1) is 5.01 Å². The van der Waals surface area contributed by atoms with Crippen molar-refractivity contribution >= 4 is 50.1 Å². The molecule has 1 fully saturated rings. The lowest BCUT2D eigenvalue weighted by Gasteiger charge is -2.07. The molecule has 3 aromatic rings. The molecule has 0 saturated heterocycles. The standard InChI is InChI=1S/C17H14N4OS2/c22-14-6-10-3-4-11(7-12(10)23-14)20-16-15-17(19-8-18-16)24-13(21-15)5-9-1-2-9/h3-4,7-9H,1-2,5-6H2,(H,18,19,20). The van der Waals surface area contributed by atoms with Crippen LogP contribution in [0.1, 0.15) is 23.4 Å². The third-order valence-electron chi connectivity index (χ3n) is 4.29. The van der Waals surface area contributed by atoms with Gasteiger partial charge in [-0.3, -0.25) is 4.79 Å². The second-order valence-corrected chi connectivity index (χ2v) is 8.39. The average Bonchev–Trinajstić information content (AvgIpc) is 3.14. The number of nitrogens with zero attached hydrogens (tertiary/aromatic N) is 3. The Kier molecular flexibility index (Phi) is 3.31. The van der Waals surface area contributed by atoms with Crippen LogP contribution in [0.5, 0.6) is 0 Å². The number of hydrogen-bond donors (Lipinski definition) is 1. The number of fused-ring (bicyclic) bond motifs is 2. The van der Waals surface area contributed by atoms with Crippen molar-refractivity contribution in [2.24, 2.45) is 5.92 Å². The number of thioether (sulfide) groups is 1. The monoisotopic (exact) mass is 354 g/mol. The summed E-state index contributed by atoms with van der Waals surface area (Å²) in [6, 6.07) is 6.01. The fourth-order valence-electron chi connectivity index (χ4n) is 2.87. The fourth-order valence-corrected chi connectivity index (χ4v) is 4.82. The Bertz CT molecular complexity index is 964. The summed E-state index contributed by atoms with van der Waals surface area (Å²) >= 11 is 2.97. The van der Waals surface area contributed by atoms with Gasteiger partial charge in [-0.1, -0.05) is 29.2 Å². The second-order valence-electron chi connectivity index (χ2n) is 6.23. The van der Waals surface area contributed by atoms with Gasteiger partial charge < -0.3 is 5.32 Å². The van der Waals surface area contributed by atoms with Crippen molar-refractivity contribution in [3.8, 4) is 0 Å². The molecule has 120 valence electrons. The van der Waals surface area contributed by atoms with Crippen molar-refractivity contribution in [2.45, 2.75) is 30.6 Å². The topological polar surface area (TPSA) is 67.8 Å². The number of carbonyl (C=O) groups is 1. The molecular formula is C17H14N4OS2. The van der Waals surface area contributed by atoms with Crippen LogP contribution in [-0.2, 0) is 17.6 Å². The second kappa shape index (κ2) is 5.53. The summed E-state index contributed by atoms with van der Waals surface area (Å²) in [5, 5.41) is 4.69. The van der Waals surface area contributed by atoms with Crippen molar-refractivity contribution in [3.05, 3.63) is 35.1 Å². The van der Waals surface area contributed by atoms with E-state index in [1.807, 2.05) is 18.2 Å². The van der Waals surface area contributed by atoms with Gasteiger partial charge in [0.25, 0.3) is 0 Å². The van der Waals surface area contributed by atoms with Crippen LogP contribution in [0.2, 0.25) is 0 Å². The Hall–Kier alpha value is -1.99. The summed E-state index contributed by atoms with van der Waals surface area (Å²) in [7, 11) is 0. The summed E-state index contributed by atoms with van der Waals surface area (Å²) in [5.41, 5.74) is 2.86. The van der Waals surface area contributed by atoms with Crippen molar-refractivity contribution in [3.63, 3.8) is 0 Å². The highest BCUT2D eigenvalue weighted by molar-refractivity contribution is 8.14. The third kappa shape index (κ3) is 2.67. The van der Waals surface area contributed by atoms with Gasteiger partial charge in [0.15, 0.2) is 10.9 Å². The first-order valence-corrected chi connectivity index (χ1v) is 9.59. The quantitative estimate of drug-likeness (QED) is 0.765. The molecule has 0 unspecified atom stereocenters. The summed E-state index contributed by atoms with van der Waals surface area (Å²) in [6.07, 6.45) is 5.79. The van der Waals surface area contributed by atoms with E-state index in [2.05, 4.69) is 15.3 Å². The Labute approximate surface area is 146 Å². The van der Waals surface area contributed by atoms with E-state index in [0.29, 0.717) is 6.42 Å². The largest absolute Gasteiger partial charge is 0.338 e. The molecule has 1 saturated carbocycles. The van der Waals surface area contributed by atoms with Crippen LogP contribution in [0.3, 0.4) is 0 Å². The molecule has 0 atom stereocenters. The molecule has 0 spiro atoms. The maximum absolute atomic E-state index is 11.6. The van der Waals surface area contributed by atoms with Gasteiger partial charge in [0, 0.05) is 23.4 Å². The maximum Gasteiger partial charge on any atom is 0.198 e. The molecule has 1 aromatic carbocycles. The van der Waals surface area contributed by atoms with Crippen LogP contribution < -0.4 is 5.32 Å². The minimum Gasteiger partial charge on any atom is -0.338 e. The van der Waals surface area contributed by atoms with Crippen molar-refractivity contribution in [1.82, 2.24) is 15.0 Å². The molecule has 0 amide bonds. The lowest BCUT2D eigenvalue weighted by molar-refractivity contribution is -0.110. The fraction of sp³-hybridized carbons (Fsp3) is 0.294. The van der Waals surface area contributed by atoms with Crippen molar-refractivity contribution < 1.29 is 4.79 Å². The first-order chi connectivity index (χ1) is 11.7. The number of hydrogen-bond acceptors (Lipinski definition) is 7. The highest BCUT2D eigenvalue weighted by Crippen LogP contribution is 2.37. The predicted molar refractivity (Wildman–Crippen MR) is 95.9 cm³/mol. The summed E-state index contributed by atoms with van der Waals surface area (Å²) < 4.78 is 0. The van der Waals surface area contributed by atoms with E-state index >= 15 is 0 Å². The smallest absolute Gasteiger partial charge is 0.198 e. The first-order valence-electron chi connectivity index (χ1n) is 7.95. The Morgan fingerprint density at radius 3 is 3.04 bits per heavy atom. The summed E-state index contributed by atoms with van der Waals surface area (Å²) in [5.74, 6) is 1.54. The minimum absolute atomic E-state index is 0.204. The molecule has 1 N–H and O–H groups in total. The zero-order chi connectivity index (χ0) is 16.1. The van der Waals surface area contributed by atoms with Crippen molar-refractivity contribution in [1.29, 1.82) is 0 Å². The molecule has 2 aromatic heterocycles. The van der Waals surface area contributed by atoms with Gasteiger partial charge in [0.2, 0.25) is 0 Å². The van der Waals surface area contributed by atoms with Gasteiger partial charge in [-0.05, 0) is 36.5 Å². The molecule has 0 bridgehead atoms. The zero-order valence-corrected chi connectivity index (χ0v) is 14.4. The van der Waals surface area contributed by atoms with Crippen LogP contribution in [0.4, 0.5) is 11.5 Å². The lowest BCUT2D eigenvalue weighted by Crippen LogP contribution is -1.96. The van der Waals surface area contributed by atoms with Crippen LogP contribution in [0.25, 0.3) is 10.3 Å². The number of rotatable bonds is 4. The van der Waals surface area contributed by atoms with E-state index in [9.17, 15) is 4.79 Å². The molecule has 3 heterocycles. The molecular weight excluding hydrogens is 340 g/mol. The molecule has 5 nitrogen and oxygen atoms in total. The van der Waals surface area contributed by atoms with Gasteiger partial charge in [-0.2, -0.15) is 0 Å². The predicted octanol–water partition coefficient (Wildman–Crippen LogP) is 3.96. The Balaban J connectivity index is 1.47. The minimum atomic E-state index is 0.204. The van der Waals surface area contributed by atoms with E-state index in [1.165, 1.54) is 24.6 Å². The van der Waals surface area contributed by atoms with Gasteiger partial charge in [0.1, 0.15) is 16.7 Å². The van der Waals surface area contributed by atoms with E-state index in [1.54, 1.807) is 17.7 Å². The lowest BCUT2D eigenvalue weighted by atomic mass is 10.1. The average molecular weight is 354 g/mol. The van der Waals surface area contributed by atoms with E-state index in [0.717, 1.165) is 49.7 Å². The highest BCUT2D eigenvalue weighted by Gasteiger charge is 2.24. The number of nitrogens with one attached hydrogen (secondary N) is 1. The van der Waals surface area contributed by atoms with Gasteiger partial charge in [-0.15, -0.1) is 0 Å². The number of aromatic nitrogens is 3. The van der Waals surface area contributed by atoms with Crippen LogP contribution >= 0.6 is 23.1 Å². The third-order valence-corrected chi connectivity index (χ3v) is 6.25. The number of carbonyl (C=O) groups excluding carboxylic acids is 1. The van der Waals surface area contributed by atoms with Crippen LogP contribution in [0.15, 0.2) is 29.4 Å². The number of thiazole rings is 1. The molecule has 0 radical (unpaired) electrons. The Morgan fingerprint density at radius 1 is 1.25 bits per heavy atom. The summed E-state index contributed by atoms with van der Waals surface area (Å²) in [4.78, 5) is 27.0. The van der Waals surface area contributed by atoms with Crippen LogP contribution in [-0.4, -0.2) is 20.1 Å². The normalized spacial score (nSPS) is 16.6. The zero-order valence-electron chi connectivity index (χ0n) is 12.8. The summed E-state index contributed by atoms with van der Waals surface area (Å²) in [6.45, 7) is 0. The molecule has 5 rings (SSSR count). The van der Waals surface area contributed by atoms with Gasteiger partial charge >= 0.3 is 0 Å². The molecule has 24 heavy (non-hydrogen) atoms. The SMILES string of the molecule is O=C1Cc2ccc(Nc3ncnc4sc(CC5CC5)nc34)cc2S1. The molecule has 7 heteroatoms. The number of benzene rings is 1. The molecule has 1 aliphatic heterocycles. The maximum atomic E-state index is 11.6. The van der Waals surface area contributed by atoms with Crippen molar-refractivity contribution in [2.75, 3.05) is 5.32 Å². The van der Waals surface area contributed by atoms with Gasteiger partial charge in [-0.25, -0.2) is 15.0 Å². The molecule has 2 aliphatic rings.